The highest BCUT2D eigenvalue weighted by Crippen LogP contribution is 2.14. The number of aromatic nitrogens is 4. The van der Waals surface area contributed by atoms with Crippen molar-refractivity contribution in [3.63, 3.8) is 0 Å². The summed E-state index contributed by atoms with van der Waals surface area (Å²) in [6, 6.07) is 26.8. The van der Waals surface area contributed by atoms with E-state index >= 15 is 0 Å². The summed E-state index contributed by atoms with van der Waals surface area (Å²) in [5.74, 6) is 0.827. The Morgan fingerprint density at radius 2 is 1.77 bits per heavy atom. The monoisotopic (exact) mass is 412 g/mol. The Kier molecular flexibility index (Phi) is 6.39. The molecule has 0 fully saturated rings. The number of ether oxygens (including phenoxy) is 1. The van der Waals surface area contributed by atoms with Gasteiger partial charge in [0.05, 0.1) is 6.21 Å². The lowest BCUT2D eigenvalue weighted by Gasteiger charge is -2.06. The molecule has 4 aromatic rings. The summed E-state index contributed by atoms with van der Waals surface area (Å²) in [4.78, 5) is 13.3. The van der Waals surface area contributed by atoms with Crippen molar-refractivity contribution >= 4 is 12.1 Å². The Labute approximate surface area is 179 Å². The lowest BCUT2D eigenvalue weighted by atomic mass is 10.2. The highest BCUT2D eigenvalue weighted by atomic mass is 16.5. The van der Waals surface area contributed by atoms with Crippen LogP contribution in [0.2, 0.25) is 0 Å². The first-order chi connectivity index (χ1) is 15.3. The molecule has 0 saturated heterocycles. The number of hydrogen-bond acceptors (Lipinski definition) is 6. The van der Waals surface area contributed by atoms with E-state index in [1.165, 1.54) is 4.80 Å². The molecule has 1 aromatic heterocycles. The Balaban J connectivity index is 1.28. The highest BCUT2D eigenvalue weighted by molar-refractivity contribution is 5.82. The fourth-order valence-corrected chi connectivity index (χ4v) is 2.78. The molecule has 3 aromatic carbocycles. The van der Waals surface area contributed by atoms with Gasteiger partial charge in [-0.1, -0.05) is 72.8 Å². The fourth-order valence-electron chi connectivity index (χ4n) is 2.78. The minimum Gasteiger partial charge on any atom is -0.489 e. The molecule has 154 valence electrons. The second kappa shape index (κ2) is 9.93. The summed E-state index contributed by atoms with van der Waals surface area (Å²) < 4.78 is 5.80. The Bertz CT molecular complexity index is 1160. The number of nitrogens with one attached hydrogen (secondary N) is 1. The molecule has 8 heteroatoms. The quantitative estimate of drug-likeness (QED) is 0.355. The first-order valence-corrected chi connectivity index (χ1v) is 9.68. The molecule has 0 saturated carbocycles. The maximum Gasteiger partial charge on any atom is 0.263 e. The van der Waals surface area contributed by atoms with Gasteiger partial charge < -0.3 is 4.74 Å². The molecule has 1 N–H and O–H groups in total. The SMILES string of the molecule is O=C(Cn1nnc(-c2ccccc2)n1)N/N=C/c1cccc(OCc2ccccc2)c1. The van der Waals surface area contributed by atoms with Gasteiger partial charge in [-0.2, -0.15) is 9.90 Å². The van der Waals surface area contributed by atoms with E-state index in [0.29, 0.717) is 12.4 Å². The van der Waals surface area contributed by atoms with Crippen LogP contribution in [0.5, 0.6) is 5.75 Å². The Morgan fingerprint density at radius 1 is 1.00 bits per heavy atom. The van der Waals surface area contributed by atoms with Gasteiger partial charge >= 0.3 is 0 Å². The van der Waals surface area contributed by atoms with Crippen LogP contribution in [0.25, 0.3) is 11.4 Å². The van der Waals surface area contributed by atoms with Gasteiger partial charge in [0.2, 0.25) is 5.82 Å². The summed E-state index contributed by atoms with van der Waals surface area (Å²) in [5, 5.41) is 16.1. The molecule has 0 aliphatic heterocycles. The van der Waals surface area contributed by atoms with Crippen LogP contribution < -0.4 is 10.2 Å². The number of rotatable bonds is 8. The number of nitrogens with zero attached hydrogens (tertiary/aromatic N) is 5. The molecule has 4 rings (SSSR count). The molecule has 0 aliphatic carbocycles. The van der Waals surface area contributed by atoms with Crippen LogP contribution in [-0.2, 0) is 17.9 Å². The van der Waals surface area contributed by atoms with E-state index in [4.69, 9.17) is 4.74 Å². The van der Waals surface area contributed by atoms with Crippen LogP contribution in [0.1, 0.15) is 11.1 Å². The van der Waals surface area contributed by atoms with Gasteiger partial charge in [0.1, 0.15) is 18.9 Å². The summed E-state index contributed by atoms with van der Waals surface area (Å²) >= 11 is 0. The molecular formula is C23H20N6O2. The third-order valence-corrected chi connectivity index (χ3v) is 4.28. The molecule has 0 aliphatic rings. The molecule has 0 bridgehead atoms. The van der Waals surface area contributed by atoms with Crippen molar-refractivity contribution in [3.8, 4) is 17.1 Å². The zero-order chi connectivity index (χ0) is 21.3. The van der Waals surface area contributed by atoms with Crippen LogP contribution in [0.4, 0.5) is 0 Å². The molecule has 31 heavy (non-hydrogen) atoms. The lowest BCUT2D eigenvalue weighted by molar-refractivity contribution is -0.122. The van der Waals surface area contributed by atoms with E-state index in [1.54, 1.807) is 6.21 Å². The second-order valence-corrected chi connectivity index (χ2v) is 6.65. The van der Waals surface area contributed by atoms with Crippen LogP contribution in [-0.4, -0.2) is 32.3 Å². The number of amides is 1. The van der Waals surface area contributed by atoms with Gasteiger partial charge in [-0.3, -0.25) is 4.79 Å². The zero-order valence-electron chi connectivity index (χ0n) is 16.6. The van der Waals surface area contributed by atoms with E-state index in [0.717, 1.165) is 22.4 Å². The standard InChI is InChI=1S/C23H20N6O2/c30-22(16-29-27-23(26-28-29)20-11-5-2-6-12-20)25-24-15-19-10-7-13-21(14-19)31-17-18-8-3-1-4-9-18/h1-15H,16-17H2,(H,25,30)/b24-15+. The van der Waals surface area contributed by atoms with Crippen molar-refractivity contribution in [3.05, 3.63) is 96.1 Å². The average Bonchev–Trinajstić information content (AvgIpc) is 3.28. The van der Waals surface area contributed by atoms with Crippen LogP contribution in [0.15, 0.2) is 90.0 Å². The molecule has 0 spiro atoms. The van der Waals surface area contributed by atoms with Gasteiger partial charge in [-0.05, 0) is 28.5 Å². The summed E-state index contributed by atoms with van der Waals surface area (Å²) in [5.41, 5.74) is 5.19. The maximum absolute atomic E-state index is 12.1. The van der Waals surface area contributed by atoms with E-state index in [2.05, 4.69) is 25.9 Å². The minimum atomic E-state index is -0.357. The van der Waals surface area contributed by atoms with Crippen LogP contribution in [0, 0.1) is 0 Å². The summed E-state index contributed by atoms with van der Waals surface area (Å²) in [6.07, 6.45) is 1.55. The van der Waals surface area contributed by atoms with E-state index < -0.39 is 0 Å². The summed E-state index contributed by atoms with van der Waals surface area (Å²) in [6.45, 7) is 0.394. The van der Waals surface area contributed by atoms with Gasteiger partial charge in [-0.25, -0.2) is 5.43 Å². The molecule has 0 atom stereocenters. The van der Waals surface area contributed by atoms with Crippen molar-refractivity contribution < 1.29 is 9.53 Å². The zero-order valence-corrected chi connectivity index (χ0v) is 16.6. The number of carbonyl (C=O) groups is 1. The third kappa shape index (κ3) is 5.83. The molecule has 1 heterocycles. The van der Waals surface area contributed by atoms with Crippen LogP contribution >= 0.6 is 0 Å². The first kappa shape index (κ1) is 20.0. The molecular weight excluding hydrogens is 392 g/mol. The highest BCUT2D eigenvalue weighted by Gasteiger charge is 2.08. The Morgan fingerprint density at radius 3 is 2.58 bits per heavy atom. The number of tetrazole rings is 1. The van der Waals surface area contributed by atoms with Crippen molar-refractivity contribution in [1.82, 2.24) is 25.6 Å². The van der Waals surface area contributed by atoms with Crippen molar-refractivity contribution in [2.24, 2.45) is 5.10 Å². The second-order valence-electron chi connectivity index (χ2n) is 6.65. The van der Waals surface area contributed by atoms with Crippen LogP contribution in [0.3, 0.4) is 0 Å². The van der Waals surface area contributed by atoms with Gasteiger partial charge in [0.25, 0.3) is 5.91 Å². The molecule has 0 radical (unpaired) electrons. The predicted molar refractivity (Wildman–Crippen MR) is 116 cm³/mol. The predicted octanol–water partition coefficient (Wildman–Crippen LogP) is 3.07. The molecule has 8 nitrogen and oxygen atoms in total. The van der Waals surface area contributed by atoms with Gasteiger partial charge in [0, 0.05) is 5.56 Å². The smallest absolute Gasteiger partial charge is 0.263 e. The van der Waals surface area contributed by atoms with E-state index in [-0.39, 0.29) is 12.5 Å². The number of hydrazone groups is 1. The van der Waals surface area contributed by atoms with E-state index in [9.17, 15) is 4.79 Å². The normalized spacial score (nSPS) is 10.8. The number of carbonyl (C=O) groups excluding carboxylic acids is 1. The molecule has 1 amide bonds. The van der Waals surface area contributed by atoms with Crippen molar-refractivity contribution in [2.45, 2.75) is 13.2 Å². The Hall–Kier alpha value is -4.33. The van der Waals surface area contributed by atoms with E-state index in [1.807, 2.05) is 84.9 Å². The summed E-state index contributed by atoms with van der Waals surface area (Å²) in [7, 11) is 0. The number of benzene rings is 3. The van der Waals surface area contributed by atoms with Gasteiger partial charge in [-0.15, -0.1) is 10.2 Å². The largest absolute Gasteiger partial charge is 0.489 e. The van der Waals surface area contributed by atoms with Crippen molar-refractivity contribution in [1.29, 1.82) is 0 Å². The third-order valence-electron chi connectivity index (χ3n) is 4.28. The average molecular weight is 412 g/mol. The lowest BCUT2D eigenvalue weighted by Crippen LogP contribution is -2.24. The van der Waals surface area contributed by atoms with Gasteiger partial charge in [0.15, 0.2) is 0 Å². The van der Waals surface area contributed by atoms with Crippen molar-refractivity contribution in [2.75, 3.05) is 0 Å². The first-order valence-electron chi connectivity index (χ1n) is 9.68. The fraction of sp³-hybridized carbons (Fsp3) is 0.0870. The number of hydrogen-bond donors (Lipinski definition) is 1. The molecule has 0 unspecified atom stereocenters. The maximum atomic E-state index is 12.1. The topological polar surface area (TPSA) is 94.3 Å². The minimum absolute atomic E-state index is 0.0859.